The number of halogens is 6. The Hall–Kier alpha value is -2.60. The number of thioether (sulfide) groups is 1. The van der Waals surface area contributed by atoms with Crippen LogP contribution >= 0.6 is 11.8 Å². The standard InChI is InChI=1S/C28H34F6N4OS/c29-27(30,31)21-6-10-24(11-7-21)37-17-3-15-36(18-19-37)14-2-5-26(39)38-16-1-4-23(20-38)35-22-8-12-25(13-9-22)40-28(32,33)34/h6-13,23,35H,1-5,14-20H2/t23-/m0/s1. The largest absolute Gasteiger partial charge is 0.446 e. The molecule has 0 aliphatic carbocycles. The number of nitrogens with one attached hydrogen (secondary N) is 1. The van der Waals surface area contributed by atoms with Crippen LogP contribution in [-0.2, 0) is 11.0 Å². The van der Waals surface area contributed by atoms with E-state index in [1.807, 2.05) is 4.90 Å². The predicted octanol–water partition coefficient (Wildman–Crippen LogP) is 6.71. The van der Waals surface area contributed by atoms with Crippen LogP contribution in [0.4, 0.5) is 37.7 Å². The Morgan fingerprint density at radius 3 is 2.27 bits per heavy atom. The molecule has 2 aliphatic rings. The van der Waals surface area contributed by atoms with Gasteiger partial charge >= 0.3 is 11.7 Å². The summed E-state index contributed by atoms with van der Waals surface area (Å²) in [7, 11) is 0. The lowest BCUT2D eigenvalue weighted by Crippen LogP contribution is -2.45. The van der Waals surface area contributed by atoms with Gasteiger partial charge in [-0.2, -0.15) is 26.3 Å². The lowest BCUT2D eigenvalue weighted by Gasteiger charge is -2.34. The van der Waals surface area contributed by atoms with Gasteiger partial charge in [0, 0.05) is 61.5 Å². The van der Waals surface area contributed by atoms with Gasteiger partial charge in [0.05, 0.1) is 5.56 Å². The lowest BCUT2D eigenvalue weighted by atomic mass is 10.0. The summed E-state index contributed by atoms with van der Waals surface area (Å²) >= 11 is -0.142. The summed E-state index contributed by atoms with van der Waals surface area (Å²) < 4.78 is 76.2. The molecule has 1 atom stereocenters. The van der Waals surface area contributed by atoms with Crippen molar-refractivity contribution in [1.82, 2.24) is 9.80 Å². The number of nitrogens with zero attached hydrogens (tertiary/aromatic N) is 3. The van der Waals surface area contributed by atoms with Gasteiger partial charge in [0.15, 0.2) is 0 Å². The van der Waals surface area contributed by atoms with Crippen molar-refractivity contribution in [1.29, 1.82) is 0 Å². The number of hydrogen-bond acceptors (Lipinski definition) is 5. The molecular weight excluding hydrogens is 554 g/mol. The van der Waals surface area contributed by atoms with Crippen LogP contribution in [0.15, 0.2) is 53.4 Å². The Bertz CT molecular complexity index is 1090. The highest BCUT2D eigenvalue weighted by Gasteiger charge is 2.31. The van der Waals surface area contributed by atoms with Gasteiger partial charge in [-0.25, -0.2) is 0 Å². The molecule has 12 heteroatoms. The van der Waals surface area contributed by atoms with Crippen LogP contribution < -0.4 is 10.2 Å². The Morgan fingerprint density at radius 2 is 1.60 bits per heavy atom. The molecule has 4 rings (SSSR count). The second-order valence-corrected chi connectivity index (χ2v) is 11.4. The predicted molar refractivity (Wildman–Crippen MR) is 146 cm³/mol. The minimum absolute atomic E-state index is 0.0422. The van der Waals surface area contributed by atoms with Crippen molar-refractivity contribution >= 4 is 29.0 Å². The number of piperidine rings is 1. The van der Waals surface area contributed by atoms with E-state index < -0.39 is 17.2 Å². The minimum Gasteiger partial charge on any atom is -0.381 e. The lowest BCUT2D eigenvalue weighted by molar-refractivity contribution is -0.137. The Morgan fingerprint density at radius 1 is 0.875 bits per heavy atom. The van der Waals surface area contributed by atoms with Crippen LogP contribution in [0.5, 0.6) is 0 Å². The summed E-state index contributed by atoms with van der Waals surface area (Å²) in [6, 6.07) is 11.5. The van der Waals surface area contributed by atoms with Crippen molar-refractivity contribution in [3.05, 3.63) is 54.1 Å². The first kappa shape index (κ1) is 30.4. The number of carbonyl (C=O) groups excluding carboxylic acids is 1. The number of carbonyl (C=O) groups is 1. The number of alkyl halides is 6. The third-order valence-electron chi connectivity index (χ3n) is 7.25. The summed E-state index contributed by atoms with van der Waals surface area (Å²) in [4.78, 5) is 19.3. The first-order valence-electron chi connectivity index (χ1n) is 13.5. The average Bonchev–Trinajstić information content (AvgIpc) is 3.14. The number of amides is 1. The Balaban J connectivity index is 1.18. The van der Waals surface area contributed by atoms with Gasteiger partial charge < -0.3 is 20.0 Å². The molecule has 2 aliphatic heterocycles. The first-order valence-corrected chi connectivity index (χ1v) is 14.3. The Labute approximate surface area is 234 Å². The van der Waals surface area contributed by atoms with Crippen molar-refractivity contribution < 1.29 is 31.1 Å². The second-order valence-electron chi connectivity index (χ2n) is 10.2. The van der Waals surface area contributed by atoms with E-state index in [9.17, 15) is 31.1 Å². The summed E-state index contributed by atoms with van der Waals surface area (Å²) in [5.74, 6) is 0.102. The van der Waals surface area contributed by atoms with Gasteiger partial charge in [-0.05, 0) is 99.1 Å². The number of benzene rings is 2. The molecule has 1 N–H and O–H groups in total. The fraction of sp³-hybridized carbons (Fsp3) is 0.536. The molecule has 2 aromatic rings. The Kier molecular flexibility index (Phi) is 10.2. The molecule has 1 amide bonds. The van der Waals surface area contributed by atoms with Gasteiger partial charge in [0.2, 0.25) is 5.91 Å². The van der Waals surface area contributed by atoms with E-state index in [0.717, 1.165) is 75.4 Å². The molecule has 0 aromatic heterocycles. The third-order valence-corrected chi connectivity index (χ3v) is 7.99. The first-order chi connectivity index (χ1) is 19.0. The quantitative estimate of drug-likeness (QED) is 0.274. The normalized spacial score (nSPS) is 19.4. The highest BCUT2D eigenvalue weighted by atomic mass is 32.2. The topological polar surface area (TPSA) is 38.8 Å². The smallest absolute Gasteiger partial charge is 0.381 e. The van der Waals surface area contributed by atoms with E-state index in [2.05, 4.69) is 15.1 Å². The summed E-state index contributed by atoms with van der Waals surface area (Å²) in [5, 5.41) is 3.35. The molecule has 220 valence electrons. The van der Waals surface area contributed by atoms with Crippen LogP contribution in [0.1, 0.15) is 37.7 Å². The molecule has 2 saturated heterocycles. The van der Waals surface area contributed by atoms with Crippen LogP contribution in [-0.4, -0.2) is 73.1 Å². The zero-order valence-electron chi connectivity index (χ0n) is 22.1. The van der Waals surface area contributed by atoms with Crippen molar-refractivity contribution in [2.45, 2.75) is 54.7 Å². The summed E-state index contributed by atoms with van der Waals surface area (Å²) in [6.07, 6.45) is -0.542. The SMILES string of the molecule is O=C(CCCN1CCCN(c2ccc(C(F)(F)F)cc2)CC1)N1CCC[C@H](Nc2ccc(SC(F)(F)F)cc2)C1. The molecule has 2 aromatic carbocycles. The van der Waals surface area contributed by atoms with Gasteiger partial charge in [0.25, 0.3) is 0 Å². The maximum atomic E-state index is 12.9. The van der Waals surface area contributed by atoms with Gasteiger partial charge in [-0.15, -0.1) is 0 Å². The highest BCUT2D eigenvalue weighted by molar-refractivity contribution is 8.00. The monoisotopic (exact) mass is 588 g/mol. The molecule has 0 radical (unpaired) electrons. The van der Waals surface area contributed by atoms with E-state index in [4.69, 9.17) is 0 Å². The number of rotatable bonds is 8. The van der Waals surface area contributed by atoms with Crippen molar-refractivity contribution in [3.8, 4) is 0 Å². The van der Waals surface area contributed by atoms with Crippen molar-refractivity contribution in [3.63, 3.8) is 0 Å². The average molecular weight is 589 g/mol. The third kappa shape index (κ3) is 9.22. The maximum absolute atomic E-state index is 12.9. The molecule has 0 saturated carbocycles. The van der Waals surface area contributed by atoms with Gasteiger partial charge in [-0.3, -0.25) is 4.79 Å². The van der Waals surface area contributed by atoms with Crippen LogP contribution in [0, 0.1) is 0 Å². The molecule has 5 nitrogen and oxygen atoms in total. The zero-order chi connectivity index (χ0) is 28.8. The van der Waals surface area contributed by atoms with E-state index >= 15 is 0 Å². The number of likely N-dealkylation sites (tertiary alicyclic amines) is 1. The van der Waals surface area contributed by atoms with Crippen LogP contribution in [0.2, 0.25) is 0 Å². The highest BCUT2D eigenvalue weighted by Crippen LogP contribution is 2.37. The molecule has 0 spiro atoms. The number of anilines is 2. The molecule has 40 heavy (non-hydrogen) atoms. The molecule has 2 fully saturated rings. The second kappa shape index (κ2) is 13.4. The van der Waals surface area contributed by atoms with E-state index in [-0.39, 0.29) is 28.6 Å². The molecule has 0 unspecified atom stereocenters. The van der Waals surface area contributed by atoms with Crippen molar-refractivity contribution in [2.75, 3.05) is 56.0 Å². The summed E-state index contributed by atoms with van der Waals surface area (Å²) in [5.41, 5.74) is -3.44. The molecule has 0 bridgehead atoms. The van der Waals surface area contributed by atoms with E-state index in [1.54, 1.807) is 12.1 Å². The maximum Gasteiger partial charge on any atom is 0.446 e. The van der Waals surface area contributed by atoms with Crippen molar-refractivity contribution in [2.24, 2.45) is 0 Å². The van der Waals surface area contributed by atoms with Gasteiger partial charge in [-0.1, -0.05) is 0 Å². The van der Waals surface area contributed by atoms with Gasteiger partial charge in [0.1, 0.15) is 0 Å². The summed E-state index contributed by atoms with van der Waals surface area (Å²) in [6.45, 7) is 5.19. The minimum atomic E-state index is -4.34. The fourth-order valence-electron chi connectivity index (χ4n) is 5.24. The van der Waals surface area contributed by atoms with E-state index in [0.29, 0.717) is 26.1 Å². The molecule has 2 heterocycles. The fourth-order valence-corrected chi connectivity index (χ4v) is 5.78. The number of hydrogen-bond donors (Lipinski definition) is 1. The zero-order valence-corrected chi connectivity index (χ0v) is 22.9. The molecular formula is C28H34F6N4OS. The van der Waals surface area contributed by atoms with Crippen LogP contribution in [0.25, 0.3) is 0 Å². The van der Waals surface area contributed by atoms with E-state index in [1.165, 1.54) is 24.3 Å². The van der Waals surface area contributed by atoms with Crippen LogP contribution in [0.3, 0.4) is 0 Å².